The molecule has 0 bridgehead atoms. The van der Waals surface area contributed by atoms with Crippen molar-refractivity contribution in [2.24, 2.45) is 0 Å². The SMILES string of the molecule is CCCCCCCCCCCCCCCCCCCCCCCC(=O)NS(=O)(=O)C(F)(F)F. The van der Waals surface area contributed by atoms with Gasteiger partial charge in [-0.2, -0.15) is 21.6 Å². The Morgan fingerprint density at radius 2 is 0.848 bits per heavy atom. The molecule has 4 nitrogen and oxygen atoms in total. The van der Waals surface area contributed by atoms with Crippen LogP contribution in [-0.2, 0) is 14.8 Å². The highest BCUT2D eigenvalue weighted by Gasteiger charge is 2.46. The number of hydrogen-bond donors (Lipinski definition) is 1. The Morgan fingerprint density at radius 3 is 1.12 bits per heavy atom. The quantitative estimate of drug-likeness (QED) is 0.143. The highest BCUT2D eigenvalue weighted by atomic mass is 32.2. The van der Waals surface area contributed by atoms with Crippen LogP contribution < -0.4 is 4.72 Å². The summed E-state index contributed by atoms with van der Waals surface area (Å²) in [5, 5.41) is 0. The number of hydrogen-bond acceptors (Lipinski definition) is 3. The molecule has 0 rings (SSSR count). The zero-order valence-electron chi connectivity index (χ0n) is 20.8. The van der Waals surface area contributed by atoms with Crippen LogP contribution in [0.4, 0.5) is 13.2 Å². The van der Waals surface area contributed by atoms with Gasteiger partial charge in [-0.15, -0.1) is 0 Å². The highest BCUT2D eigenvalue weighted by molar-refractivity contribution is 7.90. The van der Waals surface area contributed by atoms with Crippen molar-refractivity contribution in [3.05, 3.63) is 0 Å². The third-order valence-corrected chi connectivity index (χ3v) is 7.17. The van der Waals surface area contributed by atoms with E-state index in [4.69, 9.17) is 0 Å². The summed E-state index contributed by atoms with van der Waals surface area (Å²) in [7, 11) is -5.57. The molecule has 8 heteroatoms. The van der Waals surface area contributed by atoms with Crippen LogP contribution in [0.1, 0.15) is 148 Å². The van der Waals surface area contributed by atoms with E-state index >= 15 is 0 Å². The molecule has 1 N–H and O–H groups in total. The molecule has 0 spiro atoms. The fourth-order valence-corrected chi connectivity index (χ4v) is 4.49. The molecule has 0 heterocycles. The fourth-order valence-electron chi connectivity index (χ4n) is 3.98. The summed E-state index contributed by atoms with van der Waals surface area (Å²) >= 11 is 0. The molecule has 0 aromatic heterocycles. The minimum absolute atomic E-state index is 0.200. The van der Waals surface area contributed by atoms with Gasteiger partial charge in [-0.05, 0) is 6.42 Å². The number of amides is 1. The molecule has 0 aliphatic rings. The highest BCUT2D eigenvalue weighted by Crippen LogP contribution is 2.21. The van der Waals surface area contributed by atoms with Crippen molar-refractivity contribution in [2.75, 3.05) is 0 Å². The zero-order valence-corrected chi connectivity index (χ0v) is 21.6. The van der Waals surface area contributed by atoms with Crippen LogP contribution in [0.2, 0.25) is 0 Å². The summed E-state index contributed by atoms with van der Waals surface area (Å²) in [5.41, 5.74) is -5.45. The third kappa shape index (κ3) is 20.3. The van der Waals surface area contributed by atoms with E-state index < -0.39 is 21.4 Å². The van der Waals surface area contributed by atoms with Gasteiger partial charge in [0.05, 0.1) is 0 Å². The van der Waals surface area contributed by atoms with Gasteiger partial charge < -0.3 is 0 Å². The summed E-state index contributed by atoms with van der Waals surface area (Å²) in [4.78, 5) is 11.3. The molecule has 33 heavy (non-hydrogen) atoms. The molecule has 0 atom stereocenters. The van der Waals surface area contributed by atoms with Gasteiger partial charge >= 0.3 is 15.5 Å². The van der Waals surface area contributed by atoms with Gasteiger partial charge in [0.15, 0.2) is 0 Å². The number of carbonyl (C=O) groups is 1. The number of carbonyl (C=O) groups excluding carboxylic acids is 1. The summed E-state index contributed by atoms with van der Waals surface area (Å²) in [6, 6.07) is 0. The standard InChI is InChI=1S/C25H48F3NO3S/c1-2-3-4-5-6-7-8-9-10-11-12-13-14-15-16-17-18-19-20-21-22-23-24(30)29-33(31,32)25(26,27)28/h2-23H2,1H3,(H,29,30). The summed E-state index contributed by atoms with van der Waals surface area (Å²) < 4.78 is 59.2. The molecule has 0 fully saturated rings. The van der Waals surface area contributed by atoms with E-state index in [-0.39, 0.29) is 6.42 Å². The zero-order chi connectivity index (χ0) is 24.8. The Morgan fingerprint density at radius 1 is 0.576 bits per heavy atom. The van der Waals surface area contributed by atoms with Crippen molar-refractivity contribution < 1.29 is 26.4 Å². The van der Waals surface area contributed by atoms with Gasteiger partial charge in [0, 0.05) is 6.42 Å². The van der Waals surface area contributed by atoms with E-state index in [9.17, 15) is 26.4 Å². The van der Waals surface area contributed by atoms with Crippen molar-refractivity contribution in [2.45, 2.75) is 154 Å². The first kappa shape index (κ1) is 32.2. The van der Waals surface area contributed by atoms with Gasteiger partial charge in [-0.3, -0.25) is 4.79 Å². The van der Waals surface area contributed by atoms with Gasteiger partial charge in [-0.1, -0.05) is 135 Å². The Labute approximate surface area is 200 Å². The topological polar surface area (TPSA) is 63.2 Å². The van der Waals surface area contributed by atoms with Gasteiger partial charge in [0.1, 0.15) is 0 Å². The second kappa shape index (κ2) is 20.6. The van der Waals surface area contributed by atoms with Gasteiger partial charge in [0.25, 0.3) is 0 Å². The second-order valence-corrected chi connectivity index (χ2v) is 11.0. The number of halogens is 3. The Hall–Kier alpha value is -0.790. The molecular weight excluding hydrogens is 451 g/mol. The second-order valence-electron chi connectivity index (χ2n) is 9.30. The minimum Gasteiger partial charge on any atom is -0.274 e. The van der Waals surface area contributed by atoms with E-state index in [1.54, 1.807) is 0 Å². The fraction of sp³-hybridized carbons (Fsp3) is 0.960. The number of rotatable bonds is 23. The Balaban J connectivity index is 3.28. The number of sulfonamides is 1. The lowest BCUT2D eigenvalue weighted by Gasteiger charge is -2.09. The summed E-state index contributed by atoms with van der Waals surface area (Å²) in [5.74, 6) is -1.09. The van der Waals surface area contributed by atoms with Crippen LogP contribution in [0, 0.1) is 0 Å². The maximum absolute atomic E-state index is 12.2. The molecular formula is C25H48F3NO3S. The lowest BCUT2D eigenvalue weighted by atomic mass is 10.0. The normalized spacial score (nSPS) is 12.2. The molecule has 198 valence electrons. The van der Waals surface area contributed by atoms with E-state index in [0.717, 1.165) is 30.4 Å². The predicted octanol–water partition coefficient (Wildman–Crippen LogP) is 8.55. The summed E-state index contributed by atoms with van der Waals surface area (Å²) in [6.07, 6.45) is 25.6. The average Bonchev–Trinajstić information content (AvgIpc) is 2.73. The van der Waals surface area contributed by atoms with E-state index in [1.165, 1.54) is 103 Å². The number of nitrogens with one attached hydrogen (secondary N) is 1. The number of alkyl halides is 3. The molecule has 0 aromatic rings. The lowest BCUT2D eigenvalue weighted by molar-refractivity contribution is -0.120. The molecule has 0 unspecified atom stereocenters. The molecule has 0 saturated heterocycles. The van der Waals surface area contributed by atoms with Crippen LogP contribution in [0.5, 0.6) is 0 Å². The molecule has 0 aliphatic heterocycles. The van der Waals surface area contributed by atoms with Crippen LogP contribution in [0.15, 0.2) is 0 Å². The lowest BCUT2D eigenvalue weighted by Crippen LogP contribution is -2.40. The predicted molar refractivity (Wildman–Crippen MR) is 130 cm³/mol. The third-order valence-electron chi connectivity index (χ3n) is 6.06. The molecule has 0 saturated carbocycles. The van der Waals surface area contributed by atoms with E-state index in [1.807, 2.05) is 0 Å². The molecule has 0 aliphatic carbocycles. The Bertz CT molecular complexity index is 566. The molecule has 0 radical (unpaired) electrons. The van der Waals surface area contributed by atoms with Crippen LogP contribution >= 0.6 is 0 Å². The smallest absolute Gasteiger partial charge is 0.274 e. The largest absolute Gasteiger partial charge is 0.516 e. The summed E-state index contributed by atoms with van der Waals surface area (Å²) in [6.45, 7) is 2.26. The first-order chi connectivity index (χ1) is 15.7. The van der Waals surface area contributed by atoms with E-state index in [2.05, 4.69) is 6.92 Å². The monoisotopic (exact) mass is 499 g/mol. The minimum atomic E-state index is -5.57. The van der Waals surface area contributed by atoms with Gasteiger partial charge in [-0.25, -0.2) is 4.72 Å². The average molecular weight is 500 g/mol. The van der Waals surface area contributed by atoms with Crippen molar-refractivity contribution in [3.8, 4) is 0 Å². The Kier molecular flexibility index (Phi) is 20.1. The molecule has 1 amide bonds. The van der Waals surface area contributed by atoms with Crippen molar-refractivity contribution in [3.63, 3.8) is 0 Å². The van der Waals surface area contributed by atoms with Crippen molar-refractivity contribution in [1.82, 2.24) is 4.72 Å². The van der Waals surface area contributed by atoms with Crippen LogP contribution in [0.3, 0.4) is 0 Å². The van der Waals surface area contributed by atoms with Crippen LogP contribution in [0.25, 0.3) is 0 Å². The maximum Gasteiger partial charge on any atom is 0.516 e. The number of unbranched alkanes of at least 4 members (excludes halogenated alkanes) is 20. The first-order valence-corrected chi connectivity index (χ1v) is 14.8. The first-order valence-electron chi connectivity index (χ1n) is 13.3. The van der Waals surface area contributed by atoms with E-state index in [0.29, 0.717) is 6.42 Å². The van der Waals surface area contributed by atoms with Crippen LogP contribution in [-0.4, -0.2) is 19.8 Å². The van der Waals surface area contributed by atoms with Crippen molar-refractivity contribution in [1.29, 1.82) is 0 Å². The van der Waals surface area contributed by atoms with Crippen molar-refractivity contribution >= 4 is 15.9 Å². The van der Waals surface area contributed by atoms with Gasteiger partial charge in [0.2, 0.25) is 5.91 Å². The maximum atomic E-state index is 12.2. The molecule has 0 aromatic carbocycles.